The Hall–Kier alpha value is -1.47. The van der Waals surface area contributed by atoms with E-state index in [1.807, 2.05) is 6.92 Å². The predicted octanol–water partition coefficient (Wildman–Crippen LogP) is 6.90. The van der Waals surface area contributed by atoms with Crippen LogP contribution in [0.5, 0.6) is 0 Å². The summed E-state index contributed by atoms with van der Waals surface area (Å²) in [4.78, 5) is 12.8. The lowest BCUT2D eigenvalue weighted by molar-refractivity contribution is -0.140. The van der Waals surface area contributed by atoms with Gasteiger partial charge in [-0.15, -0.1) is 11.8 Å². The molecule has 0 fully saturated rings. The van der Waals surface area contributed by atoms with Crippen LogP contribution in [0.25, 0.3) is 11.0 Å². The molecule has 3 nitrogen and oxygen atoms in total. The van der Waals surface area contributed by atoms with Crippen molar-refractivity contribution in [3.8, 4) is 0 Å². The molecule has 0 unspecified atom stereocenters. The SMILES string of the molecule is COCCCCCCCCCSc1cc2oc(=O)c(C(F)(F)F)c(C)c2cc1C. The summed E-state index contributed by atoms with van der Waals surface area (Å²) < 4.78 is 49.4. The van der Waals surface area contributed by atoms with E-state index in [-0.39, 0.29) is 11.1 Å². The number of rotatable bonds is 11. The summed E-state index contributed by atoms with van der Waals surface area (Å²) in [7, 11) is 1.73. The van der Waals surface area contributed by atoms with Crippen molar-refractivity contribution in [3.05, 3.63) is 39.2 Å². The fourth-order valence-corrected chi connectivity index (χ4v) is 4.43. The molecule has 0 bridgehead atoms. The van der Waals surface area contributed by atoms with Crippen LogP contribution in [-0.4, -0.2) is 19.5 Å². The number of hydrogen-bond acceptors (Lipinski definition) is 4. The second kappa shape index (κ2) is 11.1. The molecule has 162 valence electrons. The zero-order valence-corrected chi connectivity index (χ0v) is 18.1. The molecule has 1 aromatic carbocycles. The van der Waals surface area contributed by atoms with Crippen LogP contribution in [0.15, 0.2) is 26.2 Å². The zero-order chi connectivity index (χ0) is 21.4. The van der Waals surface area contributed by atoms with Gasteiger partial charge in [-0.25, -0.2) is 4.79 Å². The molecule has 29 heavy (non-hydrogen) atoms. The number of hydrogen-bond donors (Lipinski definition) is 0. The molecule has 1 aromatic heterocycles. The maximum Gasteiger partial charge on any atom is 0.423 e. The van der Waals surface area contributed by atoms with Gasteiger partial charge in [0.25, 0.3) is 0 Å². The molecule has 2 aromatic rings. The average molecular weight is 431 g/mol. The zero-order valence-electron chi connectivity index (χ0n) is 17.3. The first kappa shape index (κ1) is 23.8. The quantitative estimate of drug-likeness (QED) is 0.221. The second-order valence-electron chi connectivity index (χ2n) is 7.32. The van der Waals surface area contributed by atoms with E-state index in [4.69, 9.17) is 9.15 Å². The summed E-state index contributed by atoms with van der Waals surface area (Å²) in [6.07, 6.45) is 3.52. The highest BCUT2D eigenvalue weighted by molar-refractivity contribution is 7.99. The maximum atomic E-state index is 13.1. The van der Waals surface area contributed by atoms with E-state index >= 15 is 0 Å². The van der Waals surface area contributed by atoms with Crippen LogP contribution < -0.4 is 5.63 Å². The Kier molecular flexibility index (Phi) is 9.08. The van der Waals surface area contributed by atoms with E-state index in [1.165, 1.54) is 32.6 Å². The molecular formula is C22H29F3O3S. The molecular weight excluding hydrogens is 401 g/mol. The normalized spacial score (nSPS) is 12.1. The first-order valence-corrected chi connectivity index (χ1v) is 11.0. The number of aryl methyl sites for hydroxylation is 2. The summed E-state index contributed by atoms with van der Waals surface area (Å²) in [6, 6.07) is 3.38. The van der Waals surface area contributed by atoms with Crippen LogP contribution in [-0.2, 0) is 10.9 Å². The van der Waals surface area contributed by atoms with Gasteiger partial charge in [0.1, 0.15) is 11.1 Å². The van der Waals surface area contributed by atoms with Crippen molar-refractivity contribution in [1.29, 1.82) is 0 Å². The lowest BCUT2D eigenvalue weighted by atomic mass is 10.0. The molecule has 7 heteroatoms. The van der Waals surface area contributed by atoms with Gasteiger partial charge in [-0.2, -0.15) is 13.2 Å². The monoisotopic (exact) mass is 430 g/mol. The highest BCUT2D eigenvalue weighted by Crippen LogP contribution is 2.35. The van der Waals surface area contributed by atoms with Gasteiger partial charge in [-0.05, 0) is 55.7 Å². The molecule has 0 aliphatic carbocycles. The van der Waals surface area contributed by atoms with E-state index in [2.05, 4.69) is 0 Å². The standard InChI is InChI=1S/C22H29F3O3S/c1-15-13-17-16(2)20(22(23,24)25)21(26)28-18(17)14-19(15)29-12-10-8-6-4-5-7-9-11-27-3/h13-14H,4-12H2,1-3H3. The summed E-state index contributed by atoms with van der Waals surface area (Å²) >= 11 is 1.66. The maximum absolute atomic E-state index is 13.1. The predicted molar refractivity (Wildman–Crippen MR) is 112 cm³/mol. The van der Waals surface area contributed by atoms with Crippen molar-refractivity contribution >= 4 is 22.7 Å². The molecule has 0 spiro atoms. The summed E-state index contributed by atoms with van der Waals surface area (Å²) in [5.74, 6) is 0.930. The molecule has 2 rings (SSSR count). The van der Waals surface area contributed by atoms with Gasteiger partial charge < -0.3 is 9.15 Å². The minimum atomic E-state index is -4.72. The Morgan fingerprint density at radius 2 is 1.62 bits per heavy atom. The van der Waals surface area contributed by atoms with Crippen molar-refractivity contribution in [2.45, 2.75) is 69.9 Å². The first-order valence-electron chi connectivity index (χ1n) is 10.0. The Balaban J connectivity index is 1.92. The molecule has 0 aliphatic heterocycles. The molecule has 0 N–H and O–H groups in total. The Labute approximate surface area is 174 Å². The minimum Gasteiger partial charge on any atom is -0.422 e. The number of halogens is 3. The third-order valence-corrected chi connectivity index (χ3v) is 6.24. The van der Waals surface area contributed by atoms with Gasteiger partial charge in [0.05, 0.1) is 0 Å². The molecule has 0 saturated heterocycles. The van der Waals surface area contributed by atoms with Crippen molar-refractivity contribution in [1.82, 2.24) is 0 Å². The Morgan fingerprint density at radius 1 is 1.00 bits per heavy atom. The van der Waals surface area contributed by atoms with E-state index in [9.17, 15) is 18.0 Å². The minimum absolute atomic E-state index is 0.0751. The lowest BCUT2D eigenvalue weighted by Gasteiger charge is -2.13. The van der Waals surface area contributed by atoms with Gasteiger partial charge in [0, 0.05) is 24.0 Å². The van der Waals surface area contributed by atoms with Crippen molar-refractivity contribution in [2.75, 3.05) is 19.5 Å². The molecule has 0 saturated carbocycles. The number of fused-ring (bicyclic) bond motifs is 1. The third kappa shape index (κ3) is 6.78. The van der Waals surface area contributed by atoms with Gasteiger partial charge in [0.2, 0.25) is 0 Å². The third-order valence-electron chi connectivity index (χ3n) is 5.00. The van der Waals surface area contributed by atoms with Gasteiger partial charge >= 0.3 is 11.8 Å². The number of benzene rings is 1. The topological polar surface area (TPSA) is 39.4 Å². The Morgan fingerprint density at radius 3 is 2.24 bits per heavy atom. The van der Waals surface area contributed by atoms with Crippen LogP contribution in [0.4, 0.5) is 13.2 Å². The highest BCUT2D eigenvalue weighted by atomic mass is 32.2. The number of methoxy groups -OCH3 is 1. The number of ether oxygens (including phenoxy) is 1. The largest absolute Gasteiger partial charge is 0.423 e. The lowest BCUT2D eigenvalue weighted by Crippen LogP contribution is -2.20. The van der Waals surface area contributed by atoms with E-state index in [1.54, 1.807) is 31.0 Å². The number of thioether (sulfide) groups is 1. The van der Waals surface area contributed by atoms with Crippen LogP contribution in [0, 0.1) is 13.8 Å². The summed E-state index contributed by atoms with van der Waals surface area (Å²) in [5, 5.41) is 0.340. The van der Waals surface area contributed by atoms with Crippen molar-refractivity contribution in [2.24, 2.45) is 0 Å². The Bertz CT molecular complexity index is 859. The molecule has 1 heterocycles. The van der Waals surface area contributed by atoms with Crippen molar-refractivity contribution in [3.63, 3.8) is 0 Å². The average Bonchev–Trinajstić information content (AvgIpc) is 2.63. The fraction of sp³-hybridized carbons (Fsp3) is 0.591. The summed E-state index contributed by atoms with van der Waals surface area (Å²) in [6.45, 7) is 4.03. The van der Waals surface area contributed by atoms with E-state index < -0.39 is 17.4 Å². The van der Waals surface area contributed by atoms with Gasteiger partial charge in [-0.3, -0.25) is 0 Å². The second-order valence-corrected chi connectivity index (χ2v) is 8.45. The van der Waals surface area contributed by atoms with Crippen LogP contribution in [0.2, 0.25) is 0 Å². The molecule has 0 radical (unpaired) electrons. The first-order chi connectivity index (χ1) is 13.8. The van der Waals surface area contributed by atoms with Crippen LogP contribution >= 0.6 is 11.8 Å². The highest BCUT2D eigenvalue weighted by Gasteiger charge is 2.37. The van der Waals surface area contributed by atoms with Crippen LogP contribution in [0.1, 0.15) is 61.6 Å². The van der Waals surface area contributed by atoms with E-state index in [0.717, 1.165) is 42.1 Å². The van der Waals surface area contributed by atoms with E-state index in [0.29, 0.717) is 5.39 Å². The summed E-state index contributed by atoms with van der Waals surface area (Å²) in [5.41, 5.74) is -1.51. The smallest absolute Gasteiger partial charge is 0.422 e. The molecule has 0 amide bonds. The van der Waals surface area contributed by atoms with Crippen LogP contribution in [0.3, 0.4) is 0 Å². The molecule has 0 atom stereocenters. The molecule has 0 aliphatic rings. The number of unbranched alkanes of at least 4 members (excludes halogenated alkanes) is 6. The van der Waals surface area contributed by atoms with Gasteiger partial charge in [0.15, 0.2) is 0 Å². The fourth-order valence-electron chi connectivity index (χ4n) is 3.38. The van der Waals surface area contributed by atoms with Gasteiger partial charge in [-0.1, -0.05) is 32.1 Å². The number of alkyl halides is 3. The van der Waals surface area contributed by atoms with Crippen molar-refractivity contribution < 1.29 is 22.3 Å².